The number of aliphatic hydroxyl groups is 2. The first kappa shape index (κ1) is 22.0. The van der Waals surface area contributed by atoms with Crippen molar-refractivity contribution in [3.05, 3.63) is 0 Å². The SMILES string of the molecule is CC[NH+](CC)CC.O=S(=O)([O-])CCN(CCO)CCO. The summed E-state index contributed by atoms with van der Waals surface area (Å²) in [5, 5.41) is 17.1. The molecule has 124 valence electrons. The molecule has 0 spiro atoms. The number of nitrogens with zero attached hydrogens (tertiary/aromatic N) is 1. The molecule has 0 fully saturated rings. The first-order chi connectivity index (χ1) is 9.34. The van der Waals surface area contributed by atoms with E-state index in [0.29, 0.717) is 0 Å². The van der Waals surface area contributed by atoms with Crippen molar-refractivity contribution in [1.29, 1.82) is 0 Å². The Hall–Kier alpha value is -0.250. The Morgan fingerprint density at radius 1 is 0.950 bits per heavy atom. The van der Waals surface area contributed by atoms with Gasteiger partial charge in [0, 0.05) is 19.6 Å². The summed E-state index contributed by atoms with van der Waals surface area (Å²) < 4.78 is 30.7. The Balaban J connectivity index is 0. The largest absolute Gasteiger partial charge is 0.748 e. The van der Waals surface area contributed by atoms with E-state index in [4.69, 9.17) is 10.2 Å². The van der Waals surface area contributed by atoms with Gasteiger partial charge < -0.3 is 19.7 Å². The highest BCUT2D eigenvalue weighted by atomic mass is 32.2. The highest BCUT2D eigenvalue weighted by Gasteiger charge is 2.05. The van der Waals surface area contributed by atoms with Crippen LogP contribution in [0.4, 0.5) is 0 Å². The summed E-state index contributed by atoms with van der Waals surface area (Å²) in [4.78, 5) is 3.19. The lowest BCUT2D eigenvalue weighted by atomic mass is 10.5. The first-order valence-corrected chi connectivity index (χ1v) is 8.63. The molecule has 0 atom stereocenters. The number of hydrogen-bond donors (Lipinski definition) is 3. The molecule has 0 aromatic rings. The van der Waals surface area contributed by atoms with Crippen molar-refractivity contribution in [2.45, 2.75) is 20.8 Å². The van der Waals surface area contributed by atoms with E-state index < -0.39 is 15.9 Å². The molecule has 3 N–H and O–H groups in total. The lowest BCUT2D eigenvalue weighted by molar-refractivity contribution is -0.894. The molecule has 0 aromatic carbocycles. The molecule has 0 unspecified atom stereocenters. The molecule has 0 saturated carbocycles. The van der Waals surface area contributed by atoms with Crippen LogP contribution in [0.15, 0.2) is 0 Å². The van der Waals surface area contributed by atoms with Crippen molar-refractivity contribution in [3.63, 3.8) is 0 Å². The van der Waals surface area contributed by atoms with E-state index >= 15 is 0 Å². The van der Waals surface area contributed by atoms with Crippen LogP contribution in [0.2, 0.25) is 0 Å². The van der Waals surface area contributed by atoms with Crippen molar-refractivity contribution in [2.75, 3.05) is 58.2 Å². The molecule has 0 radical (unpaired) electrons. The molecule has 0 amide bonds. The molecular formula is C12H30N2O5S. The molecular weight excluding hydrogens is 284 g/mol. The Morgan fingerprint density at radius 3 is 1.55 bits per heavy atom. The van der Waals surface area contributed by atoms with E-state index in [1.807, 2.05) is 0 Å². The Morgan fingerprint density at radius 2 is 1.35 bits per heavy atom. The van der Waals surface area contributed by atoms with Crippen LogP contribution >= 0.6 is 0 Å². The maximum absolute atomic E-state index is 10.2. The molecule has 20 heavy (non-hydrogen) atoms. The summed E-state index contributed by atoms with van der Waals surface area (Å²) in [6, 6.07) is 0. The minimum Gasteiger partial charge on any atom is -0.748 e. The van der Waals surface area contributed by atoms with Crippen LogP contribution in [0, 0.1) is 0 Å². The fraction of sp³-hybridized carbons (Fsp3) is 1.00. The second kappa shape index (κ2) is 13.7. The zero-order valence-electron chi connectivity index (χ0n) is 12.8. The van der Waals surface area contributed by atoms with Gasteiger partial charge in [0.25, 0.3) is 0 Å². The van der Waals surface area contributed by atoms with E-state index in [9.17, 15) is 13.0 Å². The van der Waals surface area contributed by atoms with Gasteiger partial charge in [0.2, 0.25) is 0 Å². The van der Waals surface area contributed by atoms with Gasteiger partial charge >= 0.3 is 0 Å². The summed E-state index contributed by atoms with van der Waals surface area (Å²) in [6.07, 6.45) is 0. The molecule has 0 aliphatic rings. The highest BCUT2D eigenvalue weighted by molar-refractivity contribution is 7.85. The van der Waals surface area contributed by atoms with Crippen LogP contribution in [0.1, 0.15) is 20.8 Å². The molecule has 0 aromatic heterocycles. The van der Waals surface area contributed by atoms with Gasteiger partial charge in [-0.15, -0.1) is 0 Å². The maximum atomic E-state index is 10.2. The minimum absolute atomic E-state index is 0.0486. The van der Waals surface area contributed by atoms with E-state index in [1.165, 1.54) is 24.5 Å². The van der Waals surface area contributed by atoms with Crippen LogP contribution in [0.3, 0.4) is 0 Å². The standard InChI is InChI=1S/C6H15NO5S.C6H15N/c8-4-1-7(2-5-9)3-6-13(10,11)12;1-4-7(5-2)6-3/h8-9H,1-6H2,(H,10,11,12);4-6H2,1-3H3. The van der Waals surface area contributed by atoms with Crippen molar-refractivity contribution < 1.29 is 28.1 Å². The predicted octanol–water partition coefficient (Wildman–Crippen LogP) is -2.25. The third-order valence-electron chi connectivity index (χ3n) is 2.99. The average Bonchev–Trinajstić information content (AvgIpc) is 2.38. The topological polar surface area (TPSA) is 105 Å². The molecule has 0 saturated heterocycles. The van der Waals surface area contributed by atoms with Crippen molar-refractivity contribution in [3.8, 4) is 0 Å². The van der Waals surface area contributed by atoms with E-state index in [2.05, 4.69) is 20.8 Å². The number of aliphatic hydroxyl groups excluding tert-OH is 2. The van der Waals surface area contributed by atoms with Crippen LogP contribution in [0.25, 0.3) is 0 Å². The summed E-state index contributed by atoms with van der Waals surface area (Å²) >= 11 is 0. The van der Waals surface area contributed by atoms with Gasteiger partial charge in [-0.3, -0.25) is 4.90 Å². The van der Waals surface area contributed by atoms with Gasteiger partial charge in [-0.05, 0) is 20.8 Å². The number of rotatable bonds is 10. The van der Waals surface area contributed by atoms with Gasteiger partial charge in [-0.2, -0.15) is 0 Å². The molecule has 0 aliphatic heterocycles. The quantitative estimate of drug-likeness (QED) is 0.393. The van der Waals surface area contributed by atoms with Crippen LogP contribution < -0.4 is 4.90 Å². The lowest BCUT2D eigenvalue weighted by Crippen LogP contribution is -3.11. The number of quaternary nitrogens is 1. The van der Waals surface area contributed by atoms with Crippen LogP contribution in [0.5, 0.6) is 0 Å². The normalized spacial score (nSPS) is 11.6. The van der Waals surface area contributed by atoms with Crippen molar-refractivity contribution in [1.82, 2.24) is 4.90 Å². The van der Waals surface area contributed by atoms with Gasteiger partial charge in [-0.1, -0.05) is 0 Å². The Kier molecular flexibility index (Phi) is 15.1. The third-order valence-corrected chi connectivity index (χ3v) is 3.67. The van der Waals surface area contributed by atoms with Crippen molar-refractivity contribution >= 4 is 10.1 Å². The second-order valence-electron chi connectivity index (χ2n) is 4.36. The monoisotopic (exact) mass is 314 g/mol. The van der Waals surface area contributed by atoms with Gasteiger partial charge in [0.15, 0.2) is 0 Å². The number of nitrogens with one attached hydrogen (secondary N) is 1. The highest BCUT2D eigenvalue weighted by Crippen LogP contribution is 1.90. The summed E-state index contributed by atoms with van der Waals surface area (Å²) in [7, 11) is -4.21. The molecule has 0 rings (SSSR count). The summed E-state index contributed by atoms with van der Waals surface area (Å²) in [5.74, 6) is -0.493. The van der Waals surface area contributed by atoms with Gasteiger partial charge in [-0.25, -0.2) is 8.42 Å². The fourth-order valence-corrected chi connectivity index (χ4v) is 2.09. The smallest absolute Gasteiger partial charge is 0.0958 e. The molecule has 7 nitrogen and oxygen atoms in total. The van der Waals surface area contributed by atoms with E-state index in [1.54, 1.807) is 4.90 Å². The molecule has 0 bridgehead atoms. The summed E-state index contributed by atoms with van der Waals surface area (Å²) in [5.41, 5.74) is 0. The Bertz CT molecular complexity index is 283. The van der Waals surface area contributed by atoms with E-state index in [-0.39, 0.29) is 32.8 Å². The van der Waals surface area contributed by atoms with Crippen molar-refractivity contribution in [2.24, 2.45) is 0 Å². The van der Waals surface area contributed by atoms with Gasteiger partial charge in [0.05, 0.1) is 48.7 Å². The van der Waals surface area contributed by atoms with Crippen LogP contribution in [-0.4, -0.2) is 86.3 Å². The van der Waals surface area contributed by atoms with Crippen LogP contribution in [-0.2, 0) is 10.1 Å². The van der Waals surface area contributed by atoms with Gasteiger partial charge in [0.1, 0.15) is 0 Å². The minimum atomic E-state index is -4.21. The third kappa shape index (κ3) is 15.8. The van der Waals surface area contributed by atoms with E-state index in [0.717, 1.165) is 0 Å². The average molecular weight is 314 g/mol. The molecule has 8 heteroatoms. The second-order valence-corrected chi connectivity index (χ2v) is 5.88. The molecule has 0 heterocycles. The fourth-order valence-electron chi connectivity index (χ4n) is 1.61. The zero-order chi connectivity index (χ0) is 16.0. The molecule has 0 aliphatic carbocycles. The lowest BCUT2D eigenvalue weighted by Gasteiger charge is -2.20. The summed E-state index contributed by atoms with van der Waals surface area (Å²) in [6.45, 7) is 10.8. The zero-order valence-corrected chi connectivity index (χ0v) is 13.7. The number of hydrogen-bond acceptors (Lipinski definition) is 6. The first-order valence-electron chi connectivity index (χ1n) is 7.05. The Labute approximate surface area is 122 Å². The maximum Gasteiger partial charge on any atom is 0.0958 e. The predicted molar refractivity (Wildman–Crippen MR) is 77.8 cm³/mol.